The topological polar surface area (TPSA) is 26.0 Å². The van der Waals surface area contributed by atoms with E-state index in [1.807, 2.05) is 12.1 Å². The number of benzene rings is 1. The molecule has 2 unspecified atom stereocenters. The molecule has 0 aliphatic heterocycles. The van der Waals surface area contributed by atoms with Crippen LogP contribution in [0.25, 0.3) is 0 Å². The molecule has 0 heterocycles. The largest absolute Gasteiger partial charge is 0.327 e. The highest BCUT2D eigenvalue weighted by atomic mass is 79.9. The molecule has 2 rings (SSSR count). The van der Waals surface area contributed by atoms with Gasteiger partial charge < -0.3 is 5.73 Å². The Labute approximate surface area is 97.8 Å². The van der Waals surface area contributed by atoms with Crippen LogP contribution in [-0.4, -0.2) is 6.04 Å². The molecule has 1 saturated carbocycles. The van der Waals surface area contributed by atoms with Crippen LogP contribution in [-0.2, 0) is 0 Å². The Hall–Kier alpha value is -0.0500. The summed E-state index contributed by atoms with van der Waals surface area (Å²) < 4.78 is 1.02. The van der Waals surface area contributed by atoms with E-state index in [1.54, 1.807) is 0 Å². The van der Waals surface area contributed by atoms with Crippen molar-refractivity contribution in [2.24, 2.45) is 11.1 Å². The van der Waals surface area contributed by atoms with Crippen molar-refractivity contribution in [2.45, 2.75) is 25.8 Å². The minimum absolute atomic E-state index is 0.212. The normalized spacial score (nSPS) is 28.9. The summed E-state index contributed by atoms with van der Waals surface area (Å²) in [6.07, 6.45) is 0. The summed E-state index contributed by atoms with van der Waals surface area (Å²) in [5.74, 6) is 0.442. The van der Waals surface area contributed by atoms with Gasteiger partial charge in [-0.05, 0) is 29.2 Å². The van der Waals surface area contributed by atoms with Crippen LogP contribution in [0.4, 0.5) is 0 Å². The standard InChI is InChI=1S/C11H13BrClN/c1-11(2)9(10(11)14)6-3-7(12)5-8(13)4-6/h3-5,9-10H,14H2,1-2H3. The lowest BCUT2D eigenvalue weighted by molar-refractivity contribution is 0.599. The summed E-state index contributed by atoms with van der Waals surface area (Å²) in [4.78, 5) is 0. The van der Waals surface area contributed by atoms with E-state index >= 15 is 0 Å². The van der Waals surface area contributed by atoms with Crippen molar-refractivity contribution in [3.63, 3.8) is 0 Å². The van der Waals surface area contributed by atoms with E-state index in [4.69, 9.17) is 17.3 Å². The lowest BCUT2D eigenvalue weighted by atomic mass is 10.0. The van der Waals surface area contributed by atoms with Crippen LogP contribution in [0.5, 0.6) is 0 Å². The van der Waals surface area contributed by atoms with Crippen LogP contribution in [0.3, 0.4) is 0 Å². The fourth-order valence-electron chi connectivity index (χ4n) is 2.07. The van der Waals surface area contributed by atoms with Crippen LogP contribution in [0.15, 0.2) is 22.7 Å². The molecule has 1 fully saturated rings. The van der Waals surface area contributed by atoms with Crippen molar-refractivity contribution in [3.8, 4) is 0 Å². The molecule has 1 aromatic rings. The van der Waals surface area contributed by atoms with Crippen molar-refractivity contribution in [3.05, 3.63) is 33.3 Å². The van der Waals surface area contributed by atoms with E-state index in [0.717, 1.165) is 9.50 Å². The Morgan fingerprint density at radius 3 is 2.36 bits per heavy atom. The average Bonchev–Trinajstić information content (AvgIpc) is 2.48. The van der Waals surface area contributed by atoms with E-state index in [-0.39, 0.29) is 11.5 Å². The molecule has 2 N–H and O–H groups in total. The maximum absolute atomic E-state index is 6.02. The van der Waals surface area contributed by atoms with Gasteiger partial charge in [-0.25, -0.2) is 0 Å². The summed E-state index contributed by atoms with van der Waals surface area (Å²) in [6.45, 7) is 4.38. The van der Waals surface area contributed by atoms with Crippen LogP contribution in [0.1, 0.15) is 25.3 Å². The number of hydrogen-bond acceptors (Lipinski definition) is 1. The van der Waals surface area contributed by atoms with Crippen LogP contribution in [0, 0.1) is 5.41 Å². The second kappa shape index (κ2) is 3.22. The molecule has 0 bridgehead atoms. The smallest absolute Gasteiger partial charge is 0.0420 e. The Morgan fingerprint density at radius 2 is 1.93 bits per heavy atom. The number of nitrogens with two attached hydrogens (primary N) is 1. The second-order valence-electron chi connectivity index (χ2n) is 4.53. The zero-order chi connectivity index (χ0) is 10.5. The van der Waals surface area contributed by atoms with E-state index in [2.05, 4.69) is 35.8 Å². The van der Waals surface area contributed by atoms with Gasteiger partial charge >= 0.3 is 0 Å². The monoisotopic (exact) mass is 273 g/mol. The SMILES string of the molecule is CC1(C)C(N)C1c1cc(Cl)cc(Br)c1. The van der Waals surface area contributed by atoms with Gasteiger partial charge in [-0.3, -0.25) is 0 Å². The zero-order valence-corrected chi connectivity index (χ0v) is 10.6. The molecule has 0 aromatic heterocycles. The number of halogens is 2. The number of hydrogen-bond donors (Lipinski definition) is 1. The summed E-state index contributed by atoms with van der Waals surface area (Å²) in [6, 6.07) is 6.26. The highest BCUT2D eigenvalue weighted by Gasteiger charge is 2.56. The quantitative estimate of drug-likeness (QED) is 0.833. The summed E-state index contributed by atoms with van der Waals surface area (Å²) >= 11 is 9.43. The number of rotatable bonds is 1. The van der Waals surface area contributed by atoms with Crippen molar-refractivity contribution < 1.29 is 0 Å². The lowest BCUT2D eigenvalue weighted by Crippen LogP contribution is -2.06. The highest BCUT2D eigenvalue weighted by Crippen LogP contribution is 2.57. The Kier molecular flexibility index (Phi) is 2.41. The minimum atomic E-state index is 0.212. The van der Waals surface area contributed by atoms with Gasteiger partial charge in [0.05, 0.1) is 0 Å². The predicted octanol–water partition coefficient (Wildman–Crippen LogP) is 3.55. The highest BCUT2D eigenvalue weighted by molar-refractivity contribution is 9.10. The maximum Gasteiger partial charge on any atom is 0.0420 e. The molecule has 76 valence electrons. The van der Waals surface area contributed by atoms with E-state index in [0.29, 0.717) is 5.92 Å². The van der Waals surface area contributed by atoms with Crippen molar-refractivity contribution in [1.29, 1.82) is 0 Å². The van der Waals surface area contributed by atoms with Gasteiger partial charge in [-0.1, -0.05) is 41.4 Å². The van der Waals surface area contributed by atoms with Crippen LogP contribution in [0.2, 0.25) is 5.02 Å². The first-order valence-electron chi connectivity index (χ1n) is 4.64. The van der Waals surface area contributed by atoms with Crippen LogP contribution < -0.4 is 5.73 Å². The molecule has 0 amide bonds. The van der Waals surface area contributed by atoms with Gasteiger partial charge in [0.1, 0.15) is 0 Å². The average molecular weight is 275 g/mol. The first-order chi connectivity index (χ1) is 6.43. The van der Waals surface area contributed by atoms with Crippen molar-refractivity contribution in [1.82, 2.24) is 0 Å². The third kappa shape index (κ3) is 1.60. The van der Waals surface area contributed by atoms with Gasteiger partial charge in [0.25, 0.3) is 0 Å². The maximum atomic E-state index is 6.02. The summed E-state index contributed by atoms with van der Waals surface area (Å²) in [5.41, 5.74) is 7.47. The second-order valence-corrected chi connectivity index (χ2v) is 5.88. The van der Waals surface area contributed by atoms with E-state index in [1.165, 1.54) is 5.56 Å². The molecule has 0 radical (unpaired) electrons. The predicted molar refractivity (Wildman–Crippen MR) is 63.6 cm³/mol. The molecule has 1 aliphatic rings. The first-order valence-corrected chi connectivity index (χ1v) is 5.81. The Balaban J connectivity index is 2.35. The zero-order valence-electron chi connectivity index (χ0n) is 8.22. The fraction of sp³-hybridized carbons (Fsp3) is 0.455. The molecule has 1 nitrogen and oxygen atoms in total. The minimum Gasteiger partial charge on any atom is -0.327 e. The molecule has 0 spiro atoms. The molecule has 0 saturated heterocycles. The van der Waals surface area contributed by atoms with Gasteiger partial charge in [0, 0.05) is 21.5 Å². The molecule has 1 aromatic carbocycles. The van der Waals surface area contributed by atoms with Gasteiger partial charge in [-0.15, -0.1) is 0 Å². The van der Waals surface area contributed by atoms with Crippen LogP contribution >= 0.6 is 27.5 Å². The third-order valence-electron chi connectivity index (χ3n) is 3.15. The molecule has 2 atom stereocenters. The molecule has 3 heteroatoms. The molecule has 14 heavy (non-hydrogen) atoms. The van der Waals surface area contributed by atoms with Gasteiger partial charge in [-0.2, -0.15) is 0 Å². The van der Waals surface area contributed by atoms with E-state index in [9.17, 15) is 0 Å². The van der Waals surface area contributed by atoms with Gasteiger partial charge in [0.15, 0.2) is 0 Å². The van der Waals surface area contributed by atoms with Crippen molar-refractivity contribution in [2.75, 3.05) is 0 Å². The summed E-state index contributed by atoms with van der Waals surface area (Å²) in [5, 5.41) is 0.768. The van der Waals surface area contributed by atoms with Crippen molar-refractivity contribution >= 4 is 27.5 Å². The van der Waals surface area contributed by atoms with Gasteiger partial charge in [0.2, 0.25) is 0 Å². The fourth-order valence-corrected chi connectivity index (χ4v) is 2.96. The summed E-state index contributed by atoms with van der Waals surface area (Å²) in [7, 11) is 0. The van der Waals surface area contributed by atoms with E-state index < -0.39 is 0 Å². The molecular weight excluding hydrogens is 261 g/mol. The third-order valence-corrected chi connectivity index (χ3v) is 3.83. The Bertz CT molecular complexity index is 355. The molecular formula is C11H13BrClN. The first kappa shape index (κ1) is 10.5. The molecule has 1 aliphatic carbocycles. The Morgan fingerprint density at radius 1 is 1.36 bits per heavy atom. The lowest BCUT2D eigenvalue weighted by Gasteiger charge is -2.04.